The molecule has 0 atom stereocenters. The Morgan fingerprint density at radius 2 is 2.36 bits per heavy atom. The molecular formula is C8H9F2NO2S. The minimum absolute atomic E-state index is 0.0385. The third-order valence-corrected chi connectivity index (χ3v) is 2.23. The largest absolute Gasteiger partial charge is 0.461 e. The van der Waals surface area contributed by atoms with Gasteiger partial charge in [0.25, 0.3) is 5.92 Å². The number of aromatic nitrogens is 1. The molecule has 0 aliphatic carbocycles. The monoisotopic (exact) mass is 221 g/mol. The predicted octanol–water partition coefficient (Wildman–Crippen LogP) is 2.43. The summed E-state index contributed by atoms with van der Waals surface area (Å²) in [5, 5.41) is 1.12. The lowest BCUT2D eigenvalue weighted by Gasteiger charge is -2.04. The molecule has 0 amide bonds. The number of esters is 1. The van der Waals surface area contributed by atoms with Gasteiger partial charge in [0, 0.05) is 12.3 Å². The molecule has 0 aliphatic heterocycles. The average molecular weight is 221 g/mol. The zero-order chi connectivity index (χ0) is 10.8. The molecule has 6 heteroatoms. The first-order chi connectivity index (χ1) is 6.45. The topological polar surface area (TPSA) is 39.2 Å². The number of hydrogen-bond acceptors (Lipinski definition) is 4. The standard InChI is InChI=1S/C8H9F2NO2S/c1-3-13-7(12)6-11-5(4-14-6)8(2,9)10/h4H,3H2,1-2H3. The molecule has 3 nitrogen and oxygen atoms in total. The lowest BCUT2D eigenvalue weighted by atomic mass is 10.3. The Morgan fingerprint density at radius 1 is 1.71 bits per heavy atom. The fraction of sp³-hybridized carbons (Fsp3) is 0.500. The van der Waals surface area contributed by atoms with Crippen LogP contribution in [0.2, 0.25) is 0 Å². The highest BCUT2D eigenvalue weighted by molar-refractivity contribution is 7.11. The molecule has 0 unspecified atom stereocenters. The summed E-state index contributed by atoms with van der Waals surface area (Å²) in [6, 6.07) is 0. The van der Waals surface area contributed by atoms with E-state index in [4.69, 9.17) is 0 Å². The van der Waals surface area contributed by atoms with E-state index in [1.54, 1.807) is 6.92 Å². The van der Waals surface area contributed by atoms with Crippen LogP contribution >= 0.6 is 11.3 Å². The summed E-state index contributed by atoms with van der Waals surface area (Å²) in [7, 11) is 0. The molecule has 0 spiro atoms. The smallest absolute Gasteiger partial charge is 0.367 e. The van der Waals surface area contributed by atoms with E-state index in [1.807, 2.05) is 0 Å². The molecule has 1 rings (SSSR count). The van der Waals surface area contributed by atoms with Gasteiger partial charge in [-0.3, -0.25) is 0 Å². The maximum Gasteiger partial charge on any atom is 0.367 e. The molecule has 1 heterocycles. The number of carbonyl (C=O) groups excluding carboxylic acids is 1. The van der Waals surface area contributed by atoms with Crippen molar-refractivity contribution in [2.75, 3.05) is 6.61 Å². The number of ether oxygens (including phenoxy) is 1. The summed E-state index contributed by atoms with van der Waals surface area (Å²) in [5.41, 5.74) is -0.398. The maximum atomic E-state index is 12.7. The fourth-order valence-electron chi connectivity index (χ4n) is 0.762. The molecule has 0 saturated heterocycles. The molecule has 0 aliphatic rings. The minimum Gasteiger partial charge on any atom is -0.461 e. The second-order valence-electron chi connectivity index (χ2n) is 2.65. The van der Waals surface area contributed by atoms with E-state index in [-0.39, 0.29) is 11.6 Å². The van der Waals surface area contributed by atoms with Crippen molar-refractivity contribution in [1.29, 1.82) is 0 Å². The van der Waals surface area contributed by atoms with E-state index >= 15 is 0 Å². The van der Waals surface area contributed by atoms with Crippen LogP contribution < -0.4 is 0 Å². The molecule has 0 bridgehead atoms. The molecule has 0 aromatic carbocycles. The number of halogens is 2. The normalized spacial score (nSPS) is 11.4. The van der Waals surface area contributed by atoms with Gasteiger partial charge in [-0.05, 0) is 6.92 Å². The average Bonchev–Trinajstić information content (AvgIpc) is 2.51. The number of carbonyl (C=O) groups is 1. The van der Waals surface area contributed by atoms with E-state index in [2.05, 4.69) is 9.72 Å². The number of rotatable bonds is 3. The number of hydrogen-bond donors (Lipinski definition) is 0. The molecule has 0 N–H and O–H groups in total. The molecule has 0 saturated carbocycles. The van der Waals surface area contributed by atoms with Crippen LogP contribution in [0.1, 0.15) is 29.3 Å². The predicted molar refractivity (Wildman–Crippen MR) is 47.6 cm³/mol. The van der Waals surface area contributed by atoms with Crippen LogP contribution in [0.15, 0.2) is 5.38 Å². The van der Waals surface area contributed by atoms with Crippen LogP contribution in [-0.2, 0) is 10.7 Å². The lowest BCUT2D eigenvalue weighted by Crippen LogP contribution is -2.09. The fourth-order valence-corrected chi connectivity index (χ4v) is 1.55. The van der Waals surface area contributed by atoms with Crippen LogP contribution in [0.5, 0.6) is 0 Å². The Kier molecular flexibility index (Phi) is 3.15. The molecule has 0 fully saturated rings. The summed E-state index contributed by atoms with van der Waals surface area (Å²) in [6.45, 7) is 2.58. The SMILES string of the molecule is CCOC(=O)c1nc(C(C)(F)F)cs1. The van der Waals surface area contributed by atoms with Gasteiger partial charge in [-0.2, -0.15) is 8.78 Å². The van der Waals surface area contributed by atoms with Crippen molar-refractivity contribution < 1.29 is 18.3 Å². The van der Waals surface area contributed by atoms with Crippen molar-refractivity contribution in [3.05, 3.63) is 16.1 Å². The van der Waals surface area contributed by atoms with Crippen molar-refractivity contribution >= 4 is 17.3 Å². The summed E-state index contributed by atoms with van der Waals surface area (Å²) in [6.07, 6.45) is 0. The molecule has 14 heavy (non-hydrogen) atoms. The zero-order valence-electron chi connectivity index (χ0n) is 7.71. The van der Waals surface area contributed by atoms with Gasteiger partial charge in [-0.15, -0.1) is 11.3 Å². The molecule has 1 aromatic rings. The van der Waals surface area contributed by atoms with Gasteiger partial charge in [0.1, 0.15) is 5.69 Å². The van der Waals surface area contributed by atoms with Crippen LogP contribution in [0.3, 0.4) is 0 Å². The van der Waals surface area contributed by atoms with Gasteiger partial charge >= 0.3 is 5.97 Å². The third-order valence-electron chi connectivity index (χ3n) is 1.40. The summed E-state index contributed by atoms with van der Waals surface area (Å²) >= 11 is 0.859. The Morgan fingerprint density at radius 3 is 2.79 bits per heavy atom. The van der Waals surface area contributed by atoms with E-state index < -0.39 is 17.6 Å². The Labute approximate surface area is 83.7 Å². The molecule has 78 valence electrons. The highest BCUT2D eigenvalue weighted by atomic mass is 32.1. The van der Waals surface area contributed by atoms with Gasteiger partial charge < -0.3 is 4.74 Å². The maximum absolute atomic E-state index is 12.7. The van der Waals surface area contributed by atoms with Crippen LogP contribution in [0, 0.1) is 0 Å². The van der Waals surface area contributed by atoms with Crippen molar-refractivity contribution in [3.63, 3.8) is 0 Å². The Hall–Kier alpha value is -1.04. The number of alkyl halides is 2. The van der Waals surface area contributed by atoms with Crippen molar-refractivity contribution in [3.8, 4) is 0 Å². The van der Waals surface area contributed by atoms with Crippen LogP contribution in [-0.4, -0.2) is 17.6 Å². The first kappa shape index (κ1) is 11.0. The highest BCUT2D eigenvalue weighted by Crippen LogP contribution is 2.27. The zero-order valence-corrected chi connectivity index (χ0v) is 8.53. The summed E-state index contributed by atoms with van der Waals surface area (Å²) in [5.74, 6) is -3.67. The van der Waals surface area contributed by atoms with E-state index in [0.29, 0.717) is 0 Å². The Balaban J connectivity index is 2.83. The van der Waals surface area contributed by atoms with Crippen LogP contribution in [0.4, 0.5) is 8.78 Å². The first-order valence-electron chi connectivity index (χ1n) is 3.96. The quantitative estimate of drug-likeness (QED) is 0.736. The third kappa shape index (κ3) is 2.47. The van der Waals surface area contributed by atoms with Gasteiger partial charge in [0.05, 0.1) is 6.61 Å². The molecular weight excluding hydrogens is 212 g/mol. The van der Waals surface area contributed by atoms with E-state index in [0.717, 1.165) is 23.6 Å². The van der Waals surface area contributed by atoms with Gasteiger partial charge in [0.15, 0.2) is 0 Å². The van der Waals surface area contributed by atoms with Crippen LogP contribution in [0.25, 0.3) is 0 Å². The number of nitrogens with zero attached hydrogens (tertiary/aromatic N) is 1. The second-order valence-corrected chi connectivity index (χ2v) is 3.50. The number of thiazole rings is 1. The summed E-state index contributed by atoms with van der Waals surface area (Å²) < 4.78 is 30.0. The van der Waals surface area contributed by atoms with Crippen molar-refractivity contribution in [2.45, 2.75) is 19.8 Å². The minimum atomic E-state index is -3.01. The highest BCUT2D eigenvalue weighted by Gasteiger charge is 2.28. The molecule has 1 aromatic heterocycles. The van der Waals surface area contributed by atoms with Crippen molar-refractivity contribution in [2.24, 2.45) is 0 Å². The van der Waals surface area contributed by atoms with Crippen molar-refractivity contribution in [1.82, 2.24) is 4.98 Å². The summed E-state index contributed by atoms with van der Waals surface area (Å²) in [4.78, 5) is 14.6. The Bertz CT molecular complexity index is 332. The van der Waals surface area contributed by atoms with Gasteiger partial charge in [-0.25, -0.2) is 9.78 Å². The second kappa shape index (κ2) is 4.00. The lowest BCUT2D eigenvalue weighted by molar-refractivity contribution is 0.0131. The first-order valence-corrected chi connectivity index (χ1v) is 4.84. The van der Waals surface area contributed by atoms with Gasteiger partial charge in [-0.1, -0.05) is 0 Å². The van der Waals surface area contributed by atoms with E-state index in [9.17, 15) is 13.6 Å². The van der Waals surface area contributed by atoms with Gasteiger partial charge in [0.2, 0.25) is 5.01 Å². The molecule has 0 radical (unpaired) electrons. The van der Waals surface area contributed by atoms with E-state index in [1.165, 1.54) is 0 Å².